The van der Waals surface area contributed by atoms with Gasteiger partial charge in [0.15, 0.2) is 17.5 Å². The van der Waals surface area contributed by atoms with E-state index in [1.807, 2.05) is 72.8 Å². The fourth-order valence-corrected chi connectivity index (χ4v) is 7.15. The number of furan rings is 1. The van der Waals surface area contributed by atoms with Crippen molar-refractivity contribution < 1.29 is 4.42 Å². The first kappa shape index (κ1) is 27.5. The Morgan fingerprint density at radius 2 is 0.857 bits per heavy atom. The van der Waals surface area contributed by atoms with Crippen LogP contribution < -0.4 is 0 Å². The minimum absolute atomic E-state index is 0.644. The molecule has 4 nitrogen and oxygen atoms in total. The van der Waals surface area contributed by atoms with E-state index in [1.165, 1.54) is 37.7 Å². The molecule has 4 heteroatoms. The number of hydrogen-bond donors (Lipinski definition) is 0. The lowest BCUT2D eigenvalue weighted by Crippen LogP contribution is -2.00. The number of aromatic nitrogens is 3. The molecule has 228 valence electrons. The molecule has 0 bridgehead atoms. The molecule has 0 aliphatic rings. The van der Waals surface area contributed by atoms with Gasteiger partial charge in [-0.3, -0.25) is 0 Å². The van der Waals surface area contributed by atoms with E-state index in [2.05, 4.69) is 91.0 Å². The lowest BCUT2D eigenvalue weighted by molar-refractivity contribution is 0.669. The highest BCUT2D eigenvalue weighted by molar-refractivity contribution is 6.28. The van der Waals surface area contributed by atoms with Gasteiger partial charge in [-0.2, -0.15) is 0 Å². The maximum absolute atomic E-state index is 6.21. The highest BCUT2D eigenvalue weighted by Gasteiger charge is 2.15. The predicted octanol–water partition coefficient (Wildman–Crippen LogP) is 11.9. The van der Waals surface area contributed by atoms with Crippen LogP contribution in [0.25, 0.3) is 99.5 Å². The molecule has 49 heavy (non-hydrogen) atoms. The third-order valence-electron chi connectivity index (χ3n) is 9.49. The summed E-state index contributed by atoms with van der Waals surface area (Å²) in [6.07, 6.45) is 0. The highest BCUT2D eigenvalue weighted by Crippen LogP contribution is 2.40. The zero-order valence-electron chi connectivity index (χ0n) is 26.3. The fraction of sp³-hybridized carbons (Fsp3) is 0. The van der Waals surface area contributed by atoms with Gasteiger partial charge in [-0.1, -0.05) is 133 Å². The molecule has 0 aliphatic heterocycles. The van der Waals surface area contributed by atoms with Crippen LogP contribution in [0.5, 0.6) is 0 Å². The molecule has 0 N–H and O–H groups in total. The second-order valence-electron chi connectivity index (χ2n) is 12.4. The van der Waals surface area contributed by atoms with Crippen molar-refractivity contribution in [2.75, 3.05) is 0 Å². The molecule has 0 amide bonds. The van der Waals surface area contributed by atoms with Crippen LogP contribution >= 0.6 is 0 Å². The van der Waals surface area contributed by atoms with Crippen LogP contribution in [0.15, 0.2) is 168 Å². The summed E-state index contributed by atoms with van der Waals surface area (Å²) in [6, 6.07) is 57.0. The molecule has 0 radical (unpaired) electrons. The summed E-state index contributed by atoms with van der Waals surface area (Å²) in [5, 5.41) is 9.66. The highest BCUT2D eigenvalue weighted by atomic mass is 16.3. The molecule has 2 heterocycles. The molecule has 0 atom stereocenters. The van der Waals surface area contributed by atoms with Crippen LogP contribution in [-0.4, -0.2) is 15.0 Å². The summed E-state index contributed by atoms with van der Waals surface area (Å²) in [6.45, 7) is 0. The number of benzene rings is 8. The second kappa shape index (κ2) is 11.0. The molecule has 0 spiro atoms. The van der Waals surface area contributed by atoms with Gasteiger partial charge >= 0.3 is 0 Å². The summed E-state index contributed by atoms with van der Waals surface area (Å²) in [5.41, 5.74) is 6.92. The normalized spacial score (nSPS) is 11.7. The van der Waals surface area contributed by atoms with Gasteiger partial charge < -0.3 is 4.42 Å². The smallest absolute Gasteiger partial charge is 0.164 e. The Morgan fingerprint density at radius 3 is 1.63 bits per heavy atom. The summed E-state index contributed by atoms with van der Waals surface area (Å²) in [7, 11) is 0. The molecule has 10 rings (SSSR count). The van der Waals surface area contributed by atoms with Gasteiger partial charge in [-0.15, -0.1) is 0 Å². The average Bonchev–Trinajstić information content (AvgIpc) is 3.57. The summed E-state index contributed by atoms with van der Waals surface area (Å²) < 4.78 is 6.21. The van der Waals surface area contributed by atoms with Crippen molar-refractivity contribution in [3.05, 3.63) is 164 Å². The van der Waals surface area contributed by atoms with Crippen LogP contribution in [0.3, 0.4) is 0 Å². The van der Waals surface area contributed by atoms with E-state index < -0.39 is 0 Å². The Bertz CT molecular complexity index is 2820. The van der Waals surface area contributed by atoms with Crippen molar-refractivity contribution in [3.63, 3.8) is 0 Å². The molecule has 2 aromatic heterocycles. The molecule has 0 unspecified atom stereocenters. The fourth-order valence-electron chi connectivity index (χ4n) is 7.15. The van der Waals surface area contributed by atoms with Crippen molar-refractivity contribution >= 4 is 54.3 Å². The van der Waals surface area contributed by atoms with Crippen molar-refractivity contribution in [2.45, 2.75) is 0 Å². The average molecular weight is 626 g/mol. The molecule has 10 aromatic rings. The standard InChI is InChI=1S/C45H27N3O/c1-3-10-29(11-4-1)43-46-44(30-12-5-2-6-13-30)48-45(47-43)34-15-9-14-31(27-34)32-21-22-35-33(26-32)19-18-28-20-23-37-36(41(28)35)24-25-40-42(37)38-16-7-8-17-39(38)49-40/h1-27H. The van der Waals surface area contributed by atoms with Gasteiger partial charge in [0.1, 0.15) is 11.2 Å². The Hall–Kier alpha value is -6.65. The number of nitrogens with zero attached hydrogens (tertiary/aromatic N) is 3. The Balaban J connectivity index is 1.11. The lowest BCUT2D eigenvalue weighted by Gasteiger charge is -2.12. The number of hydrogen-bond acceptors (Lipinski definition) is 4. The van der Waals surface area contributed by atoms with E-state index >= 15 is 0 Å². The number of fused-ring (bicyclic) bond motifs is 9. The van der Waals surface area contributed by atoms with Crippen LogP contribution in [-0.2, 0) is 0 Å². The largest absolute Gasteiger partial charge is 0.456 e. The van der Waals surface area contributed by atoms with Crippen LogP contribution in [0.1, 0.15) is 0 Å². The third kappa shape index (κ3) is 4.57. The molecule has 0 saturated carbocycles. The van der Waals surface area contributed by atoms with Gasteiger partial charge in [0.25, 0.3) is 0 Å². The van der Waals surface area contributed by atoms with Crippen molar-refractivity contribution in [3.8, 4) is 45.3 Å². The zero-order chi connectivity index (χ0) is 32.3. The first-order valence-electron chi connectivity index (χ1n) is 16.4. The van der Waals surface area contributed by atoms with Crippen molar-refractivity contribution in [2.24, 2.45) is 0 Å². The van der Waals surface area contributed by atoms with Gasteiger partial charge in [-0.05, 0) is 73.8 Å². The summed E-state index contributed by atoms with van der Waals surface area (Å²) in [4.78, 5) is 14.8. The minimum Gasteiger partial charge on any atom is -0.456 e. The maximum Gasteiger partial charge on any atom is 0.164 e. The first-order valence-corrected chi connectivity index (χ1v) is 16.4. The molecule has 8 aromatic carbocycles. The molecular weight excluding hydrogens is 599 g/mol. The van der Waals surface area contributed by atoms with Crippen LogP contribution in [0.2, 0.25) is 0 Å². The lowest BCUT2D eigenvalue weighted by atomic mass is 9.92. The van der Waals surface area contributed by atoms with Crippen LogP contribution in [0.4, 0.5) is 0 Å². The first-order chi connectivity index (χ1) is 24.3. The monoisotopic (exact) mass is 625 g/mol. The van der Waals surface area contributed by atoms with E-state index in [0.29, 0.717) is 17.5 Å². The van der Waals surface area contributed by atoms with Gasteiger partial charge in [-0.25, -0.2) is 15.0 Å². The van der Waals surface area contributed by atoms with E-state index in [1.54, 1.807) is 0 Å². The minimum atomic E-state index is 0.644. The molecule has 0 fully saturated rings. The van der Waals surface area contributed by atoms with E-state index in [-0.39, 0.29) is 0 Å². The van der Waals surface area contributed by atoms with Crippen molar-refractivity contribution in [1.82, 2.24) is 15.0 Å². The van der Waals surface area contributed by atoms with E-state index in [4.69, 9.17) is 19.4 Å². The summed E-state index contributed by atoms with van der Waals surface area (Å²) in [5.74, 6) is 1.95. The SMILES string of the molecule is c1ccc(-c2nc(-c3ccccc3)nc(-c3cccc(-c4ccc5c(ccc6ccc7c(ccc8oc9ccccc9c87)c65)c4)c3)n2)cc1. The zero-order valence-corrected chi connectivity index (χ0v) is 26.3. The predicted molar refractivity (Wildman–Crippen MR) is 201 cm³/mol. The Labute approximate surface area is 282 Å². The molecular formula is C45H27N3O. The van der Waals surface area contributed by atoms with E-state index in [9.17, 15) is 0 Å². The molecule has 0 saturated heterocycles. The van der Waals surface area contributed by atoms with Gasteiger partial charge in [0.2, 0.25) is 0 Å². The topological polar surface area (TPSA) is 51.8 Å². The summed E-state index contributed by atoms with van der Waals surface area (Å²) >= 11 is 0. The van der Waals surface area contributed by atoms with Gasteiger partial charge in [0, 0.05) is 27.5 Å². The van der Waals surface area contributed by atoms with Gasteiger partial charge in [0.05, 0.1) is 0 Å². The van der Waals surface area contributed by atoms with E-state index in [0.717, 1.165) is 44.4 Å². The quantitative estimate of drug-likeness (QED) is 0.183. The Morgan fingerprint density at radius 1 is 0.306 bits per heavy atom. The third-order valence-corrected chi connectivity index (χ3v) is 9.49. The van der Waals surface area contributed by atoms with Crippen LogP contribution in [0, 0.1) is 0 Å². The van der Waals surface area contributed by atoms with Crippen molar-refractivity contribution in [1.29, 1.82) is 0 Å². The maximum atomic E-state index is 6.21. The molecule has 0 aliphatic carbocycles. The Kier molecular flexibility index (Phi) is 6.15. The second-order valence-corrected chi connectivity index (χ2v) is 12.4. The number of rotatable bonds is 4. The number of para-hydroxylation sites is 1.